The zero-order valence-corrected chi connectivity index (χ0v) is 14.2. The number of H-pyrrole nitrogens is 1. The van der Waals surface area contributed by atoms with E-state index in [4.69, 9.17) is 6.57 Å². The molecule has 1 saturated heterocycles. The normalized spacial score (nSPS) is 17.6. The highest BCUT2D eigenvalue weighted by Crippen LogP contribution is 2.31. The summed E-state index contributed by atoms with van der Waals surface area (Å²) in [7, 11) is 0. The van der Waals surface area contributed by atoms with E-state index in [1.54, 1.807) is 0 Å². The molecule has 2 aromatic rings. The highest BCUT2D eigenvalue weighted by atomic mass is 32.1. The summed E-state index contributed by atoms with van der Waals surface area (Å²) in [6.07, 6.45) is 1.85. The van der Waals surface area contributed by atoms with Gasteiger partial charge in [0.2, 0.25) is 5.95 Å². The molecule has 4 rings (SSSR count). The highest BCUT2D eigenvalue weighted by molar-refractivity contribution is 7.13. The van der Waals surface area contributed by atoms with Crippen molar-refractivity contribution in [2.24, 2.45) is 21.4 Å². The number of anilines is 1. The van der Waals surface area contributed by atoms with Crippen LogP contribution in [0.1, 0.15) is 12.8 Å². The van der Waals surface area contributed by atoms with Crippen molar-refractivity contribution >= 4 is 28.7 Å². The van der Waals surface area contributed by atoms with Crippen LogP contribution in [-0.2, 0) is 0 Å². The van der Waals surface area contributed by atoms with Crippen LogP contribution in [0, 0.1) is 12.5 Å². The first kappa shape index (κ1) is 15.7. The molecule has 0 aromatic carbocycles. The third kappa shape index (κ3) is 2.96. The van der Waals surface area contributed by atoms with E-state index in [0.29, 0.717) is 24.1 Å². The van der Waals surface area contributed by atoms with Gasteiger partial charge in [0.15, 0.2) is 0 Å². The van der Waals surface area contributed by atoms with Gasteiger partial charge in [-0.15, -0.1) is 16.4 Å². The number of thiophene rings is 1. The van der Waals surface area contributed by atoms with Crippen molar-refractivity contribution in [3.63, 3.8) is 0 Å². The van der Waals surface area contributed by atoms with Crippen molar-refractivity contribution in [2.45, 2.75) is 12.8 Å². The van der Waals surface area contributed by atoms with Gasteiger partial charge < -0.3 is 9.88 Å². The van der Waals surface area contributed by atoms with Gasteiger partial charge >= 0.3 is 0 Å². The molecule has 0 unspecified atom stereocenters. The molecule has 2 aliphatic heterocycles. The van der Waals surface area contributed by atoms with Crippen LogP contribution in [0.4, 0.5) is 11.6 Å². The topological polar surface area (TPSA) is 90.4 Å². The molecule has 9 heteroatoms. The highest BCUT2D eigenvalue weighted by Gasteiger charge is 2.26. The van der Waals surface area contributed by atoms with Crippen molar-refractivity contribution in [1.82, 2.24) is 9.97 Å². The Morgan fingerprint density at radius 2 is 2.20 bits per heavy atom. The van der Waals surface area contributed by atoms with Crippen molar-refractivity contribution in [1.29, 1.82) is 0 Å². The van der Waals surface area contributed by atoms with Crippen molar-refractivity contribution in [2.75, 3.05) is 24.5 Å². The quantitative estimate of drug-likeness (QED) is 0.860. The Kier molecular flexibility index (Phi) is 4.11. The largest absolute Gasteiger partial charge is 0.342 e. The van der Waals surface area contributed by atoms with E-state index < -0.39 is 0 Å². The van der Waals surface area contributed by atoms with Crippen LogP contribution in [0.3, 0.4) is 0 Å². The summed E-state index contributed by atoms with van der Waals surface area (Å²) >= 11 is 1.47. The average Bonchev–Trinajstić information content (AvgIpc) is 3.35. The third-order valence-electron chi connectivity index (χ3n) is 4.48. The predicted molar refractivity (Wildman–Crippen MR) is 96.5 cm³/mol. The standard InChI is InChI=1S/C16H15N7OS/c1-17-14-13(12-3-2-8-25-12)19-16(20-15(14)24)23-6-4-10(5-7-23)11-9-18-22-21-11/h2-3,8,10H,4-7,9H2,(H,19,20,24). The zero-order chi connectivity index (χ0) is 17.2. The zero-order valence-electron chi connectivity index (χ0n) is 13.3. The Hall–Kier alpha value is -2.86. The number of rotatable bonds is 3. The lowest BCUT2D eigenvalue weighted by Gasteiger charge is -2.32. The minimum Gasteiger partial charge on any atom is -0.342 e. The molecule has 126 valence electrons. The van der Waals surface area contributed by atoms with Crippen LogP contribution in [0.15, 0.2) is 37.7 Å². The summed E-state index contributed by atoms with van der Waals surface area (Å²) in [5.74, 6) is 0.916. The number of hydrogen-bond acceptors (Lipinski definition) is 7. The smallest absolute Gasteiger partial charge is 0.276 e. The average molecular weight is 353 g/mol. The number of aromatic nitrogens is 2. The van der Waals surface area contributed by atoms with Gasteiger partial charge in [-0.2, -0.15) is 5.11 Å². The molecule has 0 aliphatic carbocycles. The maximum atomic E-state index is 12.3. The molecule has 0 spiro atoms. The molecule has 1 fully saturated rings. The van der Waals surface area contributed by atoms with Crippen LogP contribution in [0.5, 0.6) is 0 Å². The summed E-state index contributed by atoms with van der Waals surface area (Å²) in [4.78, 5) is 26.0. The van der Waals surface area contributed by atoms with Gasteiger partial charge in [0.25, 0.3) is 11.2 Å². The summed E-state index contributed by atoms with van der Waals surface area (Å²) in [5, 5.41) is 13.6. The lowest BCUT2D eigenvalue weighted by Crippen LogP contribution is -2.38. The van der Waals surface area contributed by atoms with Crippen LogP contribution in [-0.4, -0.2) is 35.3 Å². The summed E-state index contributed by atoms with van der Waals surface area (Å²) in [5.41, 5.74) is 1.17. The van der Waals surface area contributed by atoms with E-state index in [2.05, 4.69) is 35.2 Å². The molecule has 4 heterocycles. The number of nitrogens with one attached hydrogen (secondary N) is 1. The van der Waals surface area contributed by atoms with E-state index in [0.717, 1.165) is 36.5 Å². The fourth-order valence-electron chi connectivity index (χ4n) is 3.15. The van der Waals surface area contributed by atoms with Gasteiger partial charge in [-0.1, -0.05) is 6.07 Å². The maximum Gasteiger partial charge on any atom is 0.276 e. The second-order valence-corrected chi connectivity index (χ2v) is 6.87. The minimum atomic E-state index is -0.386. The van der Waals surface area contributed by atoms with Gasteiger partial charge in [0, 0.05) is 23.9 Å². The van der Waals surface area contributed by atoms with Crippen LogP contribution in [0.25, 0.3) is 15.4 Å². The lowest BCUT2D eigenvalue weighted by atomic mass is 9.92. The Labute approximate surface area is 147 Å². The van der Waals surface area contributed by atoms with Crippen molar-refractivity contribution in [3.8, 4) is 10.6 Å². The summed E-state index contributed by atoms with van der Waals surface area (Å²) in [6.45, 7) is 9.43. The first-order valence-electron chi connectivity index (χ1n) is 8.00. The van der Waals surface area contributed by atoms with Gasteiger partial charge in [-0.05, 0) is 29.5 Å². The van der Waals surface area contributed by atoms with Gasteiger partial charge in [-0.25, -0.2) is 9.83 Å². The molecule has 0 amide bonds. The number of nitrogens with zero attached hydrogens (tertiary/aromatic N) is 6. The molecule has 25 heavy (non-hydrogen) atoms. The Morgan fingerprint density at radius 1 is 1.36 bits per heavy atom. The van der Waals surface area contributed by atoms with E-state index in [-0.39, 0.29) is 11.2 Å². The molecule has 0 radical (unpaired) electrons. The third-order valence-corrected chi connectivity index (χ3v) is 5.36. The summed E-state index contributed by atoms with van der Waals surface area (Å²) in [6, 6.07) is 3.77. The van der Waals surface area contributed by atoms with E-state index in [9.17, 15) is 4.79 Å². The first-order valence-corrected chi connectivity index (χ1v) is 8.88. The number of aromatic amines is 1. The SMILES string of the molecule is [C-]#[N+]c1c(-c2cccs2)nc(N2CCC(C3=NN=NC3)CC2)[nH]c1=O. The van der Waals surface area contributed by atoms with Crippen LogP contribution < -0.4 is 10.5 Å². The van der Waals surface area contributed by atoms with Gasteiger partial charge in [-0.3, -0.25) is 4.79 Å². The Bertz CT molecular complexity index is 930. The van der Waals surface area contributed by atoms with Crippen molar-refractivity contribution in [3.05, 3.63) is 39.3 Å². The minimum absolute atomic E-state index is 0.0459. The van der Waals surface area contributed by atoms with Crippen LogP contribution >= 0.6 is 11.3 Å². The molecule has 8 nitrogen and oxygen atoms in total. The lowest BCUT2D eigenvalue weighted by molar-refractivity contribution is 0.494. The Balaban J connectivity index is 1.59. The molecule has 2 aliphatic rings. The molecular weight excluding hydrogens is 338 g/mol. The van der Waals surface area contributed by atoms with E-state index >= 15 is 0 Å². The molecule has 0 saturated carbocycles. The van der Waals surface area contributed by atoms with Crippen molar-refractivity contribution < 1.29 is 0 Å². The van der Waals surface area contributed by atoms with Gasteiger partial charge in [0.1, 0.15) is 6.54 Å². The summed E-state index contributed by atoms with van der Waals surface area (Å²) < 4.78 is 0. The fraction of sp³-hybridized carbons (Fsp3) is 0.375. The Morgan fingerprint density at radius 3 is 2.84 bits per heavy atom. The molecule has 0 atom stereocenters. The number of piperidine rings is 1. The maximum absolute atomic E-state index is 12.3. The molecule has 0 bridgehead atoms. The number of hydrogen-bond donors (Lipinski definition) is 1. The van der Waals surface area contributed by atoms with Crippen LogP contribution in [0.2, 0.25) is 0 Å². The second-order valence-electron chi connectivity index (χ2n) is 5.92. The fourth-order valence-corrected chi connectivity index (χ4v) is 3.87. The molecular formula is C16H15N7OS. The molecule has 1 N–H and O–H groups in total. The second kappa shape index (κ2) is 6.57. The predicted octanol–water partition coefficient (Wildman–Crippen LogP) is 3.09. The van der Waals surface area contributed by atoms with E-state index in [1.807, 2.05) is 17.5 Å². The van der Waals surface area contributed by atoms with Gasteiger partial charge in [0.05, 0.1) is 18.0 Å². The molecule has 2 aromatic heterocycles. The first-order chi connectivity index (χ1) is 12.3. The van der Waals surface area contributed by atoms with E-state index in [1.165, 1.54) is 11.3 Å². The monoisotopic (exact) mass is 353 g/mol.